The number of para-hydroxylation sites is 1. The maximum atomic E-state index is 11.0. The molecule has 19 heavy (non-hydrogen) atoms. The number of aryl methyl sites for hydroxylation is 2. The van der Waals surface area contributed by atoms with Crippen LogP contribution in [0.1, 0.15) is 16.2 Å². The van der Waals surface area contributed by atoms with Gasteiger partial charge in [-0.3, -0.25) is 4.68 Å². The normalized spacial score (nSPS) is 11.1. The number of fused-ring (bicyclic) bond motifs is 1. The number of carboxylic acid groups (broad SMARTS) is 1. The van der Waals surface area contributed by atoms with Crippen molar-refractivity contribution >= 4 is 16.9 Å². The number of oxazole rings is 1. The maximum Gasteiger partial charge on any atom is 0.373 e. The highest BCUT2D eigenvalue weighted by molar-refractivity contribution is 5.92. The van der Waals surface area contributed by atoms with E-state index in [4.69, 9.17) is 9.52 Å². The van der Waals surface area contributed by atoms with Crippen LogP contribution in [0.15, 0.2) is 28.7 Å². The summed E-state index contributed by atoms with van der Waals surface area (Å²) in [5, 5.41) is 14.2. The highest BCUT2D eigenvalue weighted by atomic mass is 16.4. The van der Waals surface area contributed by atoms with E-state index in [0.717, 1.165) is 10.9 Å². The van der Waals surface area contributed by atoms with Crippen LogP contribution < -0.4 is 0 Å². The Morgan fingerprint density at radius 2 is 2.11 bits per heavy atom. The quantitative estimate of drug-likeness (QED) is 0.761. The Morgan fingerprint density at radius 1 is 1.37 bits per heavy atom. The van der Waals surface area contributed by atoms with Gasteiger partial charge in [0, 0.05) is 12.4 Å². The zero-order valence-corrected chi connectivity index (χ0v) is 10.4. The van der Waals surface area contributed by atoms with Crippen LogP contribution in [-0.2, 0) is 7.05 Å². The summed E-state index contributed by atoms with van der Waals surface area (Å²) in [6, 6.07) is 7.64. The van der Waals surface area contributed by atoms with Crippen molar-refractivity contribution in [2.45, 2.75) is 6.92 Å². The molecule has 1 N–H and O–H groups in total. The number of aromatic nitrogens is 3. The molecule has 0 aliphatic rings. The lowest BCUT2D eigenvalue weighted by atomic mass is 10.2. The fourth-order valence-electron chi connectivity index (χ4n) is 2.07. The number of nitrogens with zero attached hydrogens (tertiary/aromatic N) is 3. The van der Waals surface area contributed by atoms with Crippen molar-refractivity contribution in [2.24, 2.45) is 7.05 Å². The molecule has 0 amide bonds. The summed E-state index contributed by atoms with van der Waals surface area (Å²) >= 11 is 0. The second-order valence-corrected chi connectivity index (χ2v) is 4.23. The lowest BCUT2D eigenvalue weighted by molar-refractivity contribution is 0.0662. The van der Waals surface area contributed by atoms with E-state index in [0.29, 0.717) is 11.4 Å². The van der Waals surface area contributed by atoms with Crippen molar-refractivity contribution in [1.82, 2.24) is 14.8 Å². The van der Waals surface area contributed by atoms with Crippen molar-refractivity contribution in [3.63, 3.8) is 0 Å². The number of hydrogen-bond donors (Lipinski definition) is 1. The van der Waals surface area contributed by atoms with Crippen molar-refractivity contribution in [1.29, 1.82) is 0 Å². The number of benzene rings is 1. The minimum atomic E-state index is -1.13. The molecule has 2 heterocycles. The van der Waals surface area contributed by atoms with Gasteiger partial charge in [0.1, 0.15) is 0 Å². The fourth-order valence-corrected chi connectivity index (χ4v) is 2.07. The monoisotopic (exact) mass is 257 g/mol. The summed E-state index contributed by atoms with van der Waals surface area (Å²) in [5.74, 6) is -1.05. The van der Waals surface area contributed by atoms with Crippen molar-refractivity contribution in [3.8, 4) is 11.6 Å². The van der Waals surface area contributed by atoms with Gasteiger partial charge < -0.3 is 9.52 Å². The van der Waals surface area contributed by atoms with Crippen LogP contribution in [0, 0.1) is 6.92 Å². The summed E-state index contributed by atoms with van der Waals surface area (Å²) in [4.78, 5) is 15.1. The zero-order chi connectivity index (χ0) is 13.6. The molecule has 1 aromatic carbocycles. The van der Waals surface area contributed by atoms with E-state index < -0.39 is 5.97 Å². The van der Waals surface area contributed by atoms with Crippen LogP contribution in [0.25, 0.3) is 22.5 Å². The summed E-state index contributed by atoms with van der Waals surface area (Å²) in [5.41, 5.74) is 1.83. The average molecular weight is 257 g/mol. The highest BCUT2D eigenvalue weighted by Gasteiger charge is 2.20. The van der Waals surface area contributed by atoms with E-state index in [2.05, 4.69) is 10.1 Å². The van der Waals surface area contributed by atoms with Gasteiger partial charge in [0.2, 0.25) is 11.7 Å². The molecule has 0 saturated heterocycles. The second-order valence-electron chi connectivity index (χ2n) is 4.23. The zero-order valence-electron chi connectivity index (χ0n) is 10.4. The molecule has 3 aromatic rings. The van der Waals surface area contributed by atoms with Gasteiger partial charge in [-0.2, -0.15) is 5.10 Å². The van der Waals surface area contributed by atoms with Crippen LogP contribution in [0.2, 0.25) is 0 Å². The lowest BCUT2D eigenvalue weighted by Gasteiger charge is -1.90. The molecule has 0 fully saturated rings. The standard InChI is InChI=1S/C13H11N3O3/c1-7-11(13(17)18)19-12(14-7)10-8-5-3-4-6-9(8)16(2)15-10/h3-6H,1-2H3,(H,17,18). The van der Waals surface area contributed by atoms with E-state index in [-0.39, 0.29) is 11.7 Å². The summed E-state index contributed by atoms with van der Waals surface area (Å²) in [6.45, 7) is 1.60. The third-order valence-corrected chi connectivity index (χ3v) is 2.95. The molecule has 96 valence electrons. The van der Waals surface area contributed by atoms with Gasteiger partial charge in [0.15, 0.2) is 5.69 Å². The smallest absolute Gasteiger partial charge is 0.373 e. The van der Waals surface area contributed by atoms with Crippen LogP contribution in [0.4, 0.5) is 0 Å². The molecule has 0 unspecified atom stereocenters. The molecule has 0 spiro atoms. The van der Waals surface area contributed by atoms with Crippen LogP contribution in [0.5, 0.6) is 0 Å². The first kappa shape index (κ1) is 11.5. The summed E-state index contributed by atoms with van der Waals surface area (Å²) in [6.07, 6.45) is 0. The van der Waals surface area contributed by atoms with Gasteiger partial charge >= 0.3 is 5.97 Å². The minimum absolute atomic E-state index is 0.148. The Labute approximate surface area is 108 Å². The van der Waals surface area contributed by atoms with Crippen LogP contribution in [-0.4, -0.2) is 25.8 Å². The van der Waals surface area contributed by atoms with Gasteiger partial charge in [-0.05, 0) is 13.0 Å². The third-order valence-electron chi connectivity index (χ3n) is 2.95. The predicted octanol–water partition coefficient (Wildman–Crippen LogP) is 2.23. The molecular formula is C13H11N3O3. The van der Waals surface area contributed by atoms with Crippen molar-refractivity contribution in [2.75, 3.05) is 0 Å². The topological polar surface area (TPSA) is 81.2 Å². The molecule has 0 bridgehead atoms. The predicted molar refractivity (Wildman–Crippen MR) is 67.9 cm³/mol. The summed E-state index contributed by atoms with van der Waals surface area (Å²) in [7, 11) is 1.82. The summed E-state index contributed by atoms with van der Waals surface area (Å²) < 4.78 is 7.01. The van der Waals surface area contributed by atoms with Gasteiger partial charge in [-0.25, -0.2) is 9.78 Å². The SMILES string of the molecule is Cc1nc(-c2nn(C)c3ccccc23)oc1C(=O)O. The third kappa shape index (κ3) is 1.69. The molecule has 0 aliphatic carbocycles. The molecule has 0 radical (unpaired) electrons. The minimum Gasteiger partial charge on any atom is -0.475 e. The molecular weight excluding hydrogens is 246 g/mol. The Kier molecular flexibility index (Phi) is 2.38. The van der Waals surface area contributed by atoms with E-state index in [1.165, 1.54) is 0 Å². The lowest BCUT2D eigenvalue weighted by Crippen LogP contribution is -1.95. The van der Waals surface area contributed by atoms with Crippen molar-refractivity contribution in [3.05, 3.63) is 35.7 Å². The Morgan fingerprint density at radius 3 is 2.79 bits per heavy atom. The molecule has 6 nitrogen and oxygen atoms in total. The molecule has 2 aromatic heterocycles. The first-order valence-corrected chi connectivity index (χ1v) is 5.70. The van der Waals surface area contributed by atoms with Gasteiger partial charge in [-0.1, -0.05) is 18.2 Å². The second kappa shape index (κ2) is 3.94. The first-order valence-electron chi connectivity index (χ1n) is 5.70. The average Bonchev–Trinajstić information content (AvgIpc) is 2.91. The van der Waals surface area contributed by atoms with Crippen LogP contribution in [0.3, 0.4) is 0 Å². The Balaban J connectivity index is 2.25. The number of hydrogen-bond acceptors (Lipinski definition) is 4. The number of carbonyl (C=O) groups is 1. The fraction of sp³-hybridized carbons (Fsp3) is 0.154. The van der Waals surface area contributed by atoms with Gasteiger partial charge in [0.25, 0.3) is 0 Å². The maximum absolute atomic E-state index is 11.0. The molecule has 0 atom stereocenters. The van der Waals surface area contributed by atoms with E-state index in [1.54, 1.807) is 11.6 Å². The molecule has 0 aliphatic heterocycles. The number of carboxylic acids is 1. The molecule has 6 heteroatoms. The van der Waals surface area contributed by atoms with E-state index in [1.807, 2.05) is 31.3 Å². The number of aromatic carboxylic acids is 1. The van der Waals surface area contributed by atoms with E-state index >= 15 is 0 Å². The Bertz CT molecular complexity index is 786. The van der Waals surface area contributed by atoms with E-state index in [9.17, 15) is 4.79 Å². The highest BCUT2D eigenvalue weighted by Crippen LogP contribution is 2.28. The van der Waals surface area contributed by atoms with Gasteiger partial charge in [-0.15, -0.1) is 0 Å². The number of rotatable bonds is 2. The van der Waals surface area contributed by atoms with Crippen molar-refractivity contribution < 1.29 is 14.3 Å². The molecule has 3 rings (SSSR count). The van der Waals surface area contributed by atoms with Gasteiger partial charge in [0.05, 0.1) is 11.2 Å². The first-order chi connectivity index (χ1) is 9.08. The molecule has 0 saturated carbocycles. The van der Waals surface area contributed by atoms with Crippen LogP contribution >= 0.6 is 0 Å². The largest absolute Gasteiger partial charge is 0.475 e. The Hall–Kier alpha value is -2.63.